The number of carbonyl (C=O) groups excluding carboxylic acids is 2. The number of amides is 2. The van der Waals surface area contributed by atoms with E-state index in [-0.39, 0.29) is 17.2 Å². The third-order valence-electron chi connectivity index (χ3n) is 5.63. The van der Waals surface area contributed by atoms with E-state index in [1.807, 2.05) is 0 Å². The lowest BCUT2D eigenvalue weighted by Gasteiger charge is -2.32. The van der Waals surface area contributed by atoms with E-state index in [1.165, 1.54) is 38.7 Å². The van der Waals surface area contributed by atoms with Crippen LogP contribution in [-0.4, -0.2) is 102 Å². The predicted octanol–water partition coefficient (Wildman–Crippen LogP) is 3.32. The molecule has 0 aliphatic rings. The van der Waals surface area contributed by atoms with Crippen LogP contribution < -0.4 is 19.5 Å². The molecule has 0 radical (unpaired) electrons. The number of aromatic nitrogens is 1. The Bertz CT molecular complexity index is 1200. The number of thiazole rings is 1. The molecule has 0 saturated carbocycles. The quantitative estimate of drug-likeness (QED) is 0.291. The Hall–Kier alpha value is -4.17. The van der Waals surface area contributed by atoms with E-state index in [4.69, 9.17) is 24.4 Å². The number of rotatable bonds is 13. The van der Waals surface area contributed by atoms with Crippen LogP contribution in [0.15, 0.2) is 29.7 Å². The van der Waals surface area contributed by atoms with Crippen LogP contribution in [0, 0.1) is 0 Å². The van der Waals surface area contributed by atoms with Gasteiger partial charge in [-0.25, -0.2) is 14.6 Å². The summed E-state index contributed by atoms with van der Waals surface area (Å²) in [4.78, 5) is 53.1. The van der Waals surface area contributed by atoms with Crippen molar-refractivity contribution < 1.29 is 43.6 Å². The molecule has 0 fully saturated rings. The summed E-state index contributed by atoms with van der Waals surface area (Å²) < 4.78 is 15.9. The zero-order valence-corrected chi connectivity index (χ0v) is 25.3. The molecule has 13 nitrogen and oxygen atoms in total. The molecular formula is C27H38N4O9S. The summed E-state index contributed by atoms with van der Waals surface area (Å²) in [6, 6.07) is 3.90. The third-order valence-corrected chi connectivity index (χ3v) is 6.39. The molecule has 3 N–H and O–H groups in total. The van der Waals surface area contributed by atoms with Gasteiger partial charge < -0.3 is 29.3 Å². The van der Waals surface area contributed by atoms with Gasteiger partial charge in [0.15, 0.2) is 16.6 Å². The second-order valence-electron chi connectivity index (χ2n) is 9.06. The maximum absolute atomic E-state index is 12.9. The average Bonchev–Trinajstić information content (AvgIpc) is 3.38. The van der Waals surface area contributed by atoms with Crippen molar-refractivity contribution in [3.8, 4) is 17.2 Å². The normalized spacial score (nSPS) is 10.8. The first kappa shape index (κ1) is 34.9. The summed E-state index contributed by atoms with van der Waals surface area (Å²) in [6.07, 6.45) is 1.12. The fourth-order valence-electron chi connectivity index (χ4n) is 3.62. The summed E-state index contributed by atoms with van der Waals surface area (Å²) >= 11 is 1.19. The number of hydrogen-bond donors (Lipinski definition) is 3. The van der Waals surface area contributed by atoms with E-state index < -0.39 is 17.8 Å². The highest BCUT2D eigenvalue weighted by molar-refractivity contribution is 7.14. The van der Waals surface area contributed by atoms with Crippen LogP contribution in [0.3, 0.4) is 0 Å². The Morgan fingerprint density at radius 2 is 1.41 bits per heavy atom. The average molecular weight is 595 g/mol. The molecule has 0 aliphatic heterocycles. The number of carboxylic acid groups (broad SMARTS) is 2. The molecule has 2 amide bonds. The van der Waals surface area contributed by atoms with E-state index >= 15 is 0 Å². The number of anilines is 1. The number of methoxy groups -OCH3 is 3. The van der Waals surface area contributed by atoms with Crippen molar-refractivity contribution in [1.82, 2.24) is 14.8 Å². The van der Waals surface area contributed by atoms with Crippen molar-refractivity contribution in [3.05, 3.63) is 40.9 Å². The van der Waals surface area contributed by atoms with Crippen LogP contribution in [-0.2, 0) is 9.59 Å². The Labute approximate surface area is 243 Å². The summed E-state index contributed by atoms with van der Waals surface area (Å²) in [5, 5.41) is 20.3. The van der Waals surface area contributed by atoms with Crippen LogP contribution in [0.25, 0.3) is 0 Å². The fraction of sp³-hybridized carbons (Fsp3) is 0.444. The maximum Gasteiger partial charge on any atom is 0.328 e. The number of nitrogens with one attached hydrogen (secondary N) is 1. The number of likely N-dealkylation sites (N-methyl/N-ethyl adjacent to an activating group) is 1. The molecule has 226 valence electrons. The first-order valence-corrected chi connectivity index (χ1v) is 13.4. The standard InChI is InChI=1S/C23H34N4O5S.C4H4O4/c1-14(2)27(15(3)4)10-9-26(5)22(29)17-13-33-23(24-17)25-21(28)16-11-19(31-7)20(32-8)12-18(16)30-6;5-3(6)1-2-4(7)8/h11-15H,9-10H2,1-8H3,(H,24,25,28);1-2H,(H,5,6)(H,7,8)/b;2-1-. The van der Waals surface area contributed by atoms with Crippen LogP contribution in [0.1, 0.15) is 48.5 Å². The number of hydrogen-bond acceptors (Lipinski definition) is 10. The third kappa shape index (κ3) is 11.1. The molecule has 0 atom stereocenters. The minimum atomic E-state index is -1.26. The second-order valence-corrected chi connectivity index (χ2v) is 9.92. The topological polar surface area (TPSA) is 168 Å². The Morgan fingerprint density at radius 1 is 0.902 bits per heavy atom. The number of benzene rings is 1. The summed E-state index contributed by atoms with van der Waals surface area (Å²) in [5.74, 6) is -1.96. The Balaban J connectivity index is 0.000000915. The lowest BCUT2D eigenvalue weighted by atomic mass is 10.1. The van der Waals surface area contributed by atoms with Gasteiger partial charge in [0.05, 0.1) is 26.9 Å². The van der Waals surface area contributed by atoms with E-state index in [0.29, 0.717) is 53.2 Å². The van der Waals surface area contributed by atoms with Crippen LogP contribution in [0.2, 0.25) is 0 Å². The van der Waals surface area contributed by atoms with E-state index in [0.717, 1.165) is 6.54 Å². The molecule has 2 rings (SSSR count). The van der Waals surface area contributed by atoms with Crippen LogP contribution >= 0.6 is 11.3 Å². The monoisotopic (exact) mass is 594 g/mol. The molecule has 2 aromatic rings. The SMILES string of the molecule is COc1cc(OC)c(C(=O)Nc2nc(C(=O)N(C)CCN(C(C)C)C(C)C)cs2)cc1OC.O=C(O)/C=C\C(=O)O. The number of aliphatic carboxylic acids is 2. The van der Waals surface area contributed by atoms with Gasteiger partial charge in [-0.05, 0) is 27.7 Å². The second kappa shape index (κ2) is 16.8. The van der Waals surface area contributed by atoms with Gasteiger partial charge in [-0.2, -0.15) is 0 Å². The summed E-state index contributed by atoms with van der Waals surface area (Å²) in [7, 11) is 6.22. The van der Waals surface area contributed by atoms with Gasteiger partial charge >= 0.3 is 11.9 Å². The molecule has 41 heavy (non-hydrogen) atoms. The highest BCUT2D eigenvalue weighted by Gasteiger charge is 2.21. The predicted molar refractivity (Wildman–Crippen MR) is 155 cm³/mol. The van der Waals surface area contributed by atoms with Crippen molar-refractivity contribution in [3.63, 3.8) is 0 Å². The fourth-order valence-corrected chi connectivity index (χ4v) is 4.30. The van der Waals surface area contributed by atoms with E-state index in [9.17, 15) is 19.2 Å². The van der Waals surface area contributed by atoms with Gasteiger partial charge in [0, 0.05) is 61.9 Å². The molecule has 1 heterocycles. The first-order valence-electron chi connectivity index (χ1n) is 12.5. The van der Waals surface area contributed by atoms with Crippen LogP contribution in [0.4, 0.5) is 5.13 Å². The Morgan fingerprint density at radius 3 is 1.88 bits per heavy atom. The van der Waals surface area contributed by atoms with Gasteiger partial charge in [0.1, 0.15) is 11.4 Å². The van der Waals surface area contributed by atoms with Gasteiger partial charge in [-0.1, -0.05) is 0 Å². The number of carbonyl (C=O) groups is 4. The molecule has 0 spiro atoms. The van der Waals surface area contributed by atoms with Gasteiger partial charge in [0.25, 0.3) is 11.8 Å². The minimum Gasteiger partial charge on any atom is -0.496 e. The molecule has 0 aliphatic carbocycles. The smallest absolute Gasteiger partial charge is 0.328 e. The highest BCUT2D eigenvalue weighted by atomic mass is 32.1. The molecule has 0 unspecified atom stereocenters. The molecule has 0 saturated heterocycles. The first-order chi connectivity index (χ1) is 19.2. The minimum absolute atomic E-state index is 0.192. The molecule has 1 aromatic heterocycles. The number of nitrogens with zero attached hydrogens (tertiary/aromatic N) is 3. The van der Waals surface area contributed by atoms with Gasteiger partial charge in [0.2, 0.25) is 0 Å². The molecule has 14 heteroatoms. The van der Waals surface area contributed by atoms with Crippen LogP contribution in [0.5, 0.6) is 17.2 Å². The van der Waals surface area contributed by atoms with Crippen molar-refractivity contribution in [2.45, 2.75) is 39.8 Å². The van der Waals surface area contributed by atoms with E-state index in [2.05, 4.69) is 42.9 Å². The van der Waals surface area contributed by atoms with Crippen molar-refractivity contribution in [1.29, 1.82) is 0 Å². The molecule has 1 aromatic carbocycles. The van der Waals surface area contributed by atoms with E-state index in [1.54, 1.807) is 23.4 Å². The van der Waals surface area contributed by atoms with Gasteiger partial charge in [-0.3, -0.25) is 19.8 Å². The zero-order valence-electron chi connectivity index (χ0n) is 24.5. The summed E-state index contributed by atoms with van der Waals surface area (Å²) in [6.45, 7) is 9.92. The largest absolute Gasteiger partial charge is 0.496 e. The lowest BCUT2D eigenvalue weighted by Crippen LogP contribution is -2.43. The molecular weight excluding hydrogens is 556 g/mol. The number of carboxylic acids is 2. The summed E-state index contributed by atoms with van der Waals surface area (Å²) in [5.41, 5.74) is 0.551. The van der Waals surface area contributed by atoms with Crippen molar-refractivity contribution in [2.24, 2.45) is 0 Å². The van der Waals surface area contributed by atoms with Gasteiger partial charge in [-0.15, -0.1) is 11.3 Å². The highest BCUT2D eigenvalue weighted by Crippen LogP contribution is 2.35. The molecule has 0 bridgehead atoms. The lowest BCUT2D eigenvalue weighted by molar-refractivity contribution is -0.134. The zero-order chi connectivity index (χ0) is 31.3. The Kier molecular flexibility index (Phi) is 14.3. The number of ether oxygens (including phenoxy) is 3. The van der Waals surface area contributed by atoms with Crippen molar-refractivity contribution >= 4 is 40.2 Å². The maximum atomic E-state index is 12.9. The van der Waals surface area contributed by atoms with Crippen molar-refractivity contribution in [2.75, 3.05) is 46.8 Å².